The van der Waals surface area contributed by atoms with Gasteiger partial charge in [-0.15, -0.1) is 0 Å². The number of amides is 9. The van der Waals surface area contributed by atoms with Gasteiger partial charge in [0.25, 0.3) is 0 Å². The van der Waals surface area contributed by atoms with Gasteiger partial charge in [-0.1, -0.05) is 20.3 Å². The Labute approximate surface area is 402 Å². The summed E-state index contributed by atoms with van der Waals surface area (Å²) in [5.41, 5.74) is 22.3. The normalized spacial score (nSPS) is 14.3. The highest BCUT2D eigenvalue weighted by atomic mass is 32.2. The van der Waals surface area contributed by atoms with Crippen molar-refractivity contribution < 1.29 is 63.0 Å². The number of hydrogen-bond acceptors (Lipinski definition) is 15. The molecule has 8 unspecified atom stereocenters. The number of carbonyl (C=O) groups is 11. The molecule has 0 aliphatic rings. The van der Waals surface area contributed by atoms with Crippen molar-refractivity contribution in [3.05, 3.63) is 18.2 Å². The molecule has 1 aromatic rings. The Kier molecular flexibility index (Phi) is 27.7. The molecule has 386 valence electrons. The highest BCUT2D eigenvalue weighted by molar-refractivity contribution is 7.98. The summed E-state index contributed by atoms with van der Waals surface area (Å²) in [5.74, 6) is -10.7. The van der Waals surface area contributed by atoms with Crippen LogP contribution in [0, 0.1) is 5.92 Å². The third kappa shape index (κ3) is 24.5. The first-order chi connectivity index (χ1) is 32.5. The van der Waals surface area contributed by atoms with Crippen molar-refractivity contribution in [3.63, 3.8) is 0 Å². The molecule has 1 heterocycles. The lowest BCUT2D eigenvalue weighted by Crippen LogP contribution is -2.58. The predicted molar refractivity (Wildman–Crippen MR) is 249 cm³/mol. The van der Waals surface area contributed by atoms with Crippen molar-refractivity contribution in [2.24, 2.45) is 33.8 Å². The molecule has 28 nitrogen and oxygen atoms in total. The van der Waals surface area contributed by atoms with Gasteiger partial charge in [0, 0.05) is 37.7 Å². The fourth-order valence-corrected chi connectivity index (χ4v) is 6.52. The second kappa shape index (κ2) is 31.8. The predicted octanol–water partition coefficient (Wildman–Crippen LogP) is -5.49. The SMILES string of the molecule is CCC(C)C(NC(=O)CNC(=O)C(C)NC(=O)C(Cc1cnc[nH]1)NC(=O)C(N)CCSC)C(=O)NC(CCC(=O)O)C(=O)NCC(=O)NC(CCCN=C(N)N)C(=O)NC(CCC(N)=O)C(=O)O. The maximum absolute atomic E-state index is 13.7. The Bertz CT molecular complexity index is 1950. The highest BCUT2D eigenvalue weighted by Crippen LogP contribution is 2.10. The summed E-state index contributed by atoms with van der Waals surface area (Å²) in [6.07, 6.45) is 3.55. The van der Waals surface area contributed by atoms with Crippen LogP contribution in [0.2, 0.25) is 0 Å². The minimum Gasteiger partial charge on any atom is -0.481 e. The van der Waals surface area contributed by atoms with Gasteiger partial charge >= 0.3 is 11.9 Å². The van der Waals surface area contributed by atoms with E-state index in [1.165, 1.54) is 31.2 Å². The van der Waals surface area contributed by atoms with Crippen molar-refractivity contribution in [2.45, 2.75) is 121 Å². The number of rotatable bonds is 34. The molecule has 0 fully saturated rings. The number of aromatic amines is 1. The summed E-state index contributed by atoms with van der Waals surface area (Å²) >= 11 is 1.49. The van der Waals surface area contributed by atoms with Crippen LogP contribution in [0.1, 0.15) is 77.8 Å². The number of nitrogens with zero attached hydrogens (tertiary/aromatic N) is 2. The van der Waals surface area contributed by atoms with Crippen molar-refractivity contribution in [3.8, 4) is 0 Å². The van der Waals surface area contributed by atoms with Gasteiger partial charge in [0.2, 0.25) is 53.2 Å². The van der Waals surface area contributed by atoms with Crippen LogP contribution < -0.4 is 65.5 Å². The van der Waals surface area contributed by atoms with Crippen LogP contribution in [0.3, 0.4) is 0 Å². The Morgan fingerprint density at radius 1 is 0.710 bits per heavy atom. The van der Waals surface area contributed by atoms with Gasteiger partial charge in [-0.25, -0.2) is 9.78 Å². The lowest BCUT2D eigenvalue weighted by atomic mass is 9.97. The van der Waals surface area contributed by atoms with Gasteiger partial charge < -0.3 is 80.7 Å². The molecule has 0 aliphatic carbocycles. The number of aliphatic carboxylic acids is 2. The van der Waals surface area contributed by atoms with Gasteiger partial charge in [-0.05, 0) is 57.0 Å². The molecule has 1 rings (SSSR count). The van der Waals surface area contributed by atoms with Crippen molar-refractivity contribution in [1.29, 1.82) is 0 Å². The maximum atomic E-state index is 13.7. The number of guanidine groups is 1. The van der Waals surface area contributed by atoms with Gasteiger partial charge in [0.1, 0.15) is 36.3 Å². The smallest absolute Gasteiger partial charge is 0.326 e. The van der Waals surface area contributed by atoms with E-state index in [1.54, 1.807) is 13.8 Å². The molecule has 19 N–H and O–H groups in total. The summed E-state index contributed by atoms with van der Waals surface area (Å²) in [4.78, 5) is 150. The topological polar surface area (TPSA) is 470 Å². The van der Waals surface area contributed by atoms with Gasteiger partial charge in [-0.2, -0.15) is 11.8 Å². The van der Waals surface area contributed by atoms with Crippen LogP contribution in [0.4, 0.5) is 0 Å². The number of nitrogens with one attached hydrogen (secondary N) is 9. The molecule has 0 radical (unpaired) electrons. The zero-order valence-corrected chi connectivity index (χ0v) is 39.8. The second-order valence-corrected chi connectivity index (χ2v) is 16.8. The summed E-state index contributed by atoms with van der Waals surface area (Å²) in [6.45, 7) is 3.18. The number of H-pyrrole nitrogens is 1. The average Bonchev–Trinajstić information content (AvgIpc) is 3.81. The van der Waals surface area contributed by atoms with Crippen LogP contribution in [-0.4, -0.2) is 165 Å². The number of aliphatic imine (C=N–C) groups is 1. The lowest BCUT2D eigenvalue weighted by Gasteiger charge is -2.26. The van der Waals surface area contributed by atoms with Crippen molar-refractivity contribution in [1.82, 2.24) is 52.5 Å². The fourth-order valence-electron chi connectivity index (χ4n) is 6.03. The molecule has 0 saturated heterocycles. The Morgan fingerprint density at radius 2 is 1.29 bits per heavy atom. The number of carboxylic acids is 2. The summed E-state index contributed by atoms with van der Waals surface area (Å²) in [5, 5.41) is 38.1. The molecule has 0 saturated carbocycles. The molecule has 1 aromatic heterocycles. The largest absolute Gasteiger partial charge is 0.481 e. The quantitative estimate of drug-likeness (QED) is 0.0174. The zero-order valence-electron chi connectivity index (χ0n) is 39.0. The number of thioether (sulfide) groups is 1. The van der Waals surface area contributed by atoms with Crippen LogP contribution in [0.15, 0.2) is 17.5 Å². The first kappa shape index (κ1) is 60.0. The number of carboxylic acid groups (broad SMARTS) is 2. The lowest BCUT2D eigenvalue weighted by molar-refractivity contribution is -0.142. The second-order valence-electron chi connectivity index (χ2n) is 15.8. The fraction of sp³-hybridized carbons (Fsp3) is 0.625. The van der Waals surface area contributed by atoms with E-state index in [0.717, 1.165) is 0 Å². The Morgan fingerprint density at radius 3 is 1.86 bits per heavy atom. The van der Waals surface area contributed by atoms with E-state index in [2.05, 4.69) is 57.5 Å². The van der Waals surface area contributed by atoms with Gasteiger partial charge in [-0.3, -0.25) is 52.9 Å². The Hall–Kier alpha value is -7.04. The minimum atomic E-state index is -1.57. The van der Waals surface area contributed by atoms with E-state index in [0.29, 0.717) is 24.3 Å². The van der Waals surface area contributed by atoms with E-state index in [4.69, 9.17) is 22.9 Å². The van der Waals surface area contributed by atoms with Gasteiger partial charge in [0.15, 0.2) is 5.96 Å². The van der Waals surface area contributed by atoms with E-state index in [1.807, 2.05) is 6.26 Å². The number of imidazole rings is 1. The molecule has 8 atom stereocenters. The molecule has 0 aromatic carbocycles. The number of hydrogen-bond donors (Lipinski definition) is 15. The Balaban J connectivity index is 3.04. The average molecular weight is 998 g/mol. The first-order valence-corrected chi connectivity index (χ1v) is 23.2. The van der Waals surface area contributed by atoms with E-state index >= 15 is 0 Å². The molecule has 0 aliphatic heterocycles. The zero-order chi connectivity index (χ0) is 52.2. The third-order valence-electron chi connectivity index (χ3n) is 10.2. The van der Waals surface area contributed by atoms with Crippen molar-refractivity contribution in [2.75, 3.05) is 31.6 Å². The molecule has 9 amide bonds. The number of nitrogens with two attached hydrogens (primary N) is 4. The molecule has 29 heteroatoms. The van der Waals surface area contributed by atoms with Crippen LogP contribution in [0.25, 0.3) is 0 Å². The summed E-state index contributed by atoms with van der Waals surface area (Å²) < 4.78 is 0. The maximum Gasteiger partial charge on any atom is 0.326 e. The number of carbonyl (C=O) groups excluding carboxylic acids is 9. The van der Waals surface area contributed by atoms with E-state index in [-0.39, 0.29) is 44.6 Å². The molecular formula is C40H67N15O13S. The molecule has 69 heavy (non-hydrogen) atoms. The van der Waals surface area contributed by atoms with Gasteiger partial charge in [0.05, 0.1) is 25.5 Å². The number of aromatic nitrogens is 2. The molecule has 0 bridgehead atoms. The minimum absolute atomic E-state index is 0.0124. The monoisotopic (exact) mass is 997 g/mol. The summed E-state index contributed by atoms with van der Waals surface area (Å²) in [6, 6.07) is -9.10. The van der Waals surface area contributed by atoms with Crippen LogP contribution in [-0.2, 0) is 59.2 Å². The summed E-state index contributed by atoms with van der Waals surface area (Å²) in [7, 11) is 0. The van der Waals surface area contributed by atoms with E-state index < -0.39 is 139 Å². The highest BCUT2D eigenvalue weighted by Gasteiger charge is 2.32. The van der Waals surface area contributed by atoms with Crippen molar-refractivity contribution >= 4 is 82.8 Å². The van der Waals surface area contributed by atoms with Crippen LogP contribution in [0.5, 0.6) is 0 Å². The van der Waals surface area contributed by atoms with Crippen LogP contribution >= 0.6 is 11.8 Å². The third-order valence-corrected chi connectivity index (χ3v) is 10.8. The molecular weight excluding hydrogens is 931 g/mol. The first-order valence-electron chi connectivity index (χ1n) is 21.8. The van der Waals surface area contributed by atoms with E-state index in [9.17, 15) is 63.0 Å². The number of primary amides is 1. The molecule has 0 spiro atoms. The standard InChI is InChI=1S/C40H67N15O13S/c1-5-20(2)32(55-30(58)18-47-33(61)21(3)50-37(65)27(15-22-16-45-19-49-22)54-34(62)23(41)12-14-69-4)38(66)52-25(9-11-31(59)60)35(63)48-17-29(57)51-24(7-6-13-46-40(43)44)36(64)53-26(39(67)68)8-10-28(42)56/h16,19-21,23-27,32H,5-15,17-18,41H2,1-4H3,(H2,42,56)(H,45,49)(H,47,61)(H,48,63)(H,50,65)(H,51,57)(H,52,66)(H,53,64)(H,54,62)(H,55,58)(H,59,60)(H,67,68)(H4,43,44,46).